The molecule has 1 N–H and O–H groups in total. The number of hydrogen-bond acceptors (Lipinski definition) is 1. The van der Waals surface area contributed by atoms with E-state index in [4.69, 9.17) is 0 Å². The molecular formula is C14H28IN. The predicted octanol–water partition coefficient (Wildman–Crippen LogP) is 4.60. The Bertz CT molecular complexity index is 172. The molecule has 0 spiro atoms. The minimum atomic E-state index is 0.933. The van der Waals surface area contributed by atoms with Gasteiger partial charge in [-0.2, -0.15) is 0 Å². The summed E-state index contributed by atoms with van der Waals surface area (Å²) in [5.74, 6) is 2.85. The Balaban J connectivity index is 2.34. The summed E-state index contributed by atoms with van der Waals surface area (Å²) in [7, 11) is 0. The second-order valence-corrected chi connectivity index (χ2v) is 6.38. The highest BCUT2D eigenvalue weighted by Gasteiger charge is 2.19. The van der Waals surface area contributed by atoms with E-state index in [0.29, 0.717) is 0 Å². The van der Waals surface area contributed by atoms with Gasteiger partial charge in [-0.1, -0.05) is 68.5 Å². The van der Waals surface area contributed by atoms with Crippen LogP contribution in [0.15, 0.2) is 0 Å². The fourth-order valence-corrected chi connectivity index (χ4v) is 3.25. The molecule has 0 radical (unpaired) electrons. The largest absolute Gasteiger partial charge is 0.308 e. The summed E-state index contributed by atoms with van der Waals surface area (Å²) in [5.41, 5.74) is 0. The molecule has 1 saturated carbocycles. The first kappa shape index (κ1) is 14.7. The second kappa shape index (κ2) is 8.73. The molecule has 1 fully saturated rings. The Morgan fingerprint density at radius 3 is 2.56 bits per heavy atom. The van der Waals surface area contributed by atoms with Gasteiger partial charge in [-0.05, 0) is 37.1 Å². The SMILES string of the molecule is CC1CCCCCC(CCNCI)CC1C. The average molecular weight is 337 g/mol. The summed E-state index contributed by atoms with van der Waals surface area (Å²) in [4.78, 5) is 0. The molecule has 1 rings (SSSR count). The molecule has 16 heavy (non-hydrogen) atoms. The molecule has 0 aliphatic heterocycles. The zero-order chi connectivity index (χ0) is 11.8. The summed E-state index contributed by atoms with van der Waals surface area (Å²) < 4.78 is 1.09. The van der Waals surface area contributed by atoms with Gasteiger partial charge in [0.1, 0.15) is 0 Å². The standard InChI is InChI=1S/C14H28IN/c1-12-6-4-3-5-7-14(10-13(12)2)8-9-16-11-15/h12-14,16H,3-11H2,1-2H3. The third-order valence-electron chi connectivity index (χ3n) is 4.27. The minimum absolute atomic E-state index is 0.933. The first-order valence-corrected chi connectivity index (χ1v) is 8.53. The van der Waals surface area contributed by atoms with Gasteiger partial charge < -0.3 is 5.32 Å². The summed E-state index contributed by atoms with van der Waals surface area (Å²) in [6.45, 7) is 6.14. The van der Waals surface area contributed by atoms with E-state index < -0.39 is 0 Å². The number of hydrogen-bond donors (Lipinski definition) is 1. The minimum Gasteiger partial charge on any atom is -0.308 e. The Morgan fingerprint density at radius 2 is 1.81 bits per heavy atom. The van der Waals surface area contributed by atoms with Crippen LogP contribution >= 0.6 is 22.6 Å². The van der Waals surface area contributed by atoms with Crippen molar-refractivity contribution in [1.29, 1.82) is 0 Å². The van der Waals surface area contributed by atoms with Crippen LogP contribution in [0.1, 0.15) is 58.8 Å². The highest BCUT2D eigenvalue weighted by molar-refractivity contribution is 14.1. The van der Waals surface area contributed by atoms with Crippen molar-refractivity contribution in [2.45, 2.75) is 58.8 Å². The molecule has 0 heterocycles. The monoisotopic (exact) mass is 337 g/mol. The molecule has 0 aromatic rings. The van der Waals surface area contributed by atoms with Crippen LogP contribution in [0.2, 0.25) is 0 Å². The maximum absolute atomic E-state index is 3.46. The molecule has 2 heteroatoms. The summed E-state index contributed by atoms with van der Waals surface area (Å²) in [5, 5.41) is 3.46. The molecule has 1 aliphatic carbocycles. The molecule has 3 atom stereocenters. The van der Waals surface area contributed by atoms with Gasteiger partial charge in [-0.25, -0.2) is 0 Å². The third kappa shape index (κ3) is 5.85. The van der Waals surface area contributed by atoms with E-state index in [0.717, 1.165) is 22.3 Å². The van der Waals surface area contributed by atoms with E-state index in [1.807, 2.05) is 0 Å². The van der Waals surface area contributed by atoms with Gasteiger partial charge in [0.2, 0.25) is 0 Å². The number of rotatable bonds is 4. The van der Waals surface area contributed by atoms with Gasteiger partial charge in [0.05, 0.1) is 0 Å². The summed E-state index contributed by atoms with van der Waals surface area (Å²) >= 11 is 2.40. The van der Waals surface area contributed by atoms with Crippen LogP contribution < -0.4 is 5.32 Å². The lowest BCUT2D eigenvalue weighted by atomic mass is 9.83. The fraction of sp³-hybridized carbons (Fsp3) is 1.00. The molecule has 1 aliphatic rings. The summed E-state index contributed by atoms with van der Waals surface area (Å²) in [6, 6.07) is 0. The summed E-state index contributed by atoms with van der Waals surface area (Å²) in [6.07, 6.45) is 10.2. The van der Waals surface area contributed by atoms with Crippen molar-refractivity contribution in [3.8, 4) is 0 Å². The van der Waals surface area contributed by atoms with Gasteiger partial charge in [0, 0.05) is 4.55 Å². The number of halogens is 1. The predicted molar refractivity (Wildman–Crippen MR) is 81.0 cm³/mol. The highest BCUT2D eigenvalue weighted by atomic mass is 127. The topological polar surface area (TPSA) is 12.0 Å². The van der Waals surface area contributed by atoms with Crippen molar-refractivity contribution in [1.82, 2.24) is 5.32 Å². The van der Waals surface area contributed by atoms with E-state index in [1.165, 1.54) is 51.5 Å². The van der Waals surface area contributed by atoms with Crippen molar-refractivity contribution in [3.63, 3.8) is 0 Å². The van der Waals surface area contributed by atoms with Crippen molar-refractivity contribution in [3.05, 3.63) is 0 Å². The molecule has 0 saturated heterocycles. The van der Waals surface area contributed by atoms with Crippen molar-refractivity contribution in [2.24, 2.45) is 17.8 Å². The molecule has 0 bridgehead atoms. The quantitative estimate of drug-likeness (QED) is 0.342. The lowest BCUT2D eigenvalue weighted by Crippen LogP contribution is -2.19. The van der Waals surface area contributed by atoms with E-state index in [9.17, 15) is 0 Å². The zero-order valence-electron chi connectivity index (χ0n) is 11.0. The Kier molecular flexibility index (Phi) is 8.05. The zero-order valence-corrected chi connectivity index (χ0v) is 13.1. The molecule has 0 amide bonds. The first-order valence-electron chi connectivity index (χ1n) is 7.00. The van der Waals surface area contributed by atoms with Crippen LogP contribution in [0.25, 0.3) is 0 Å². The van der Waals surface area contributed by atoms with E-state index in [1.54, 1.807) is 0 Å². The molecule has 96 valence electrons. The normalized spacial score (nSPS) is 32.8. The van der Waals surface area contributed by atoms with Crippen molar-refractivity contribution < 1.29 is 0 Å². The molecule has 1 nitrogen and oxygen atoms in total. The highest BCUT2D eigenvalue weighted by Crippen LogP contribution is 2.31. The van der Waals surface area contributed by atoms with Gasteiger partial charge in [0.25, 0.3) is 0 Å². The lowest BCUT2D eigenvalue weighted by Gasteiger charge is -2.23. The van der Waals surface area contributed by atoms with E-state index in [-0.39, 0.29) is 0 Å². The van der Waals surface area contributed by atoms with Crippen LogP contribution in [-0.4, -0.2) is 11.1 Å². The van der Waals surface area contributed by atoms with Crippen molar-refractivity contribution >= 4 is 22.6 Å². The molecule has 0 aromatic heterocycles. The maximum Gasteiger partial charge on any atom is 0.0479 e. The Morgan fingerprint density at radius 1 is 1.06 bits per heavy atom. The maximum atomic E-state index is 3.46. The number of alkyl halides is 1. The molecular weight excluding hydrogens is 309 g/mol. The lowest BCUT2D eigenvalue weighted by molar-refractivity contribution is 0.281. The second-order valence-electron chi connectivity index (χ2n) is 5.62. The average Bonchev–Trinajstić information content (AvgIpc) is 2.33. The van der Waals surface area contributed by atoms with Gasteiger partial charge in [0.15, 0.2) is 0 Å². The Hall–Kier alpha value is 0.690. The first-order chi connectivity index (χ1) is 7.74. The molecule has 0 aromatic carbocycles. The molecule has 3 unspecified atom stereocenters. The van der Waals surface area contributed by atoms with Crippen LogP contribution in [0, 0.1) is 17.8 Å². The van der Waals surface area contributed by atoms with Crippen molar-refractivity contribution in [2.75, 3.05) is 11.1 Å². The van der Waals surface area contributed by atoms with Gasteiger partial charge in [-0.15, -0.1) is 0 Å². The van der Waals surface area contributed by atoms with Crippen LogP contribution in [0.3, 0.4) is 0 Å². The van der Waals surface area contributed by atoms with Gasteiger partial charge >= 0.3 is 0 Å². The third-order valence-corrected chi connectivity index (χ3v) is 4.81. The van der Waals surface area contributed by atoms with Crippen LogP contribution in [0.4, 0.5) is 0 Å². The van der Waals surface area contributed by atoms with Gasteiger partial charge in [-0.3, -0.25) is 0 Å². The van der Waals surface area contributed by atoms with Crippen LogP contribution in [-0.2, 0) is 0 Å². The Labute approximate surface area is 115 Å². The fourth-order valence-electron chi connectivity index (χ4n) is 2.87. The van der Waals surface area contributed by atoms with E-state index in [2.05, 4.69) is 41.8 Å². The van der Waals surface area contributed by atoms with Crippen LogP contribution in [0.5, 0.6) is 0 Å². The van der Waals surface area contributed by atoms with E-state index >= 15 is 0 Å². The number of nitrogens with one attached hydrogen (secondary N) is 1. The smallest absolute Gasteiger partial charge is 0.0479 e.